The van der Waals surface area contributed by atoms with E-state index >= 15 is 0 Å². The Labute approximate surface area is 153 Å². The molecule has 10 heteroatoms. The fourth-order valence-corrected chi connectivity index (χ4v) is 3.01. The molecule has 0 radical (unpaired) electrons. The number of Topliss-reactive ketones (excluding diaryl/α,β-unsaturated/α-hetero) is 1. The maximum Gasteiger partial charge on any atom is 0.325 e. The molecule has 0 bridgehead atoms. The van der Waals surface area contributed by atoms with Crippen molar-refractivity contribution in [3.8, 4) is 5.69 Å². The zero-order valence-corrected chi connectivity index (χ0v) is 14.3. The van der Waals surface area contributed by atoms with Crippen LogP contribution in [-0.2, 0) is 10.3 Å². The Balaban J connectivity index is 1.62. The predicted molar refractivity (Wildman–Crippen MR) is 91.9 cm³/mol. The second-order valence-corrected chi connectivity index (χ2v) is 6.26. The summed E-state index contributed by atoms with van der Waals surface area (Å²) in [5, 5.41) is 13.7. The number of carbonyl (C=O) groups excluding carboxylic acids is 3. The van der Waals surface area contributed by atoms with Gasteiger partial charge in [-0.1, -0.05) is 12.1 Å². The van der Waals surface area contributed by atoms with Crippen LogP contribution in [0.1, 0.15) is 23.0 Å². The molecule has 1 saturated heterocycles. The lowest BCUT2D eigenvalue weighted by Crippen LogP contribution is -2.41. The average Bonchev–Trinajstić information content (AvgIpc) is 3.41. The van der Waals surface area contributed by atoms with Gasteiger partial charge in [0.2, 0.25) is 0 Å². The zero-order chi connectivity index (χ0) is 19.0. The van der Waals surface area contributed by atoms with Crippen molar-refractivity contribution in [2.24, 2.45) is 0 Å². The molecular weight excluding hydrogens is 350 g/mol. The molecule has 0 saturated carbocycles. The van der Waals surface area contributed by atoms with E-state index in [1.165, 1.54) is 11.0 Å². The van der Waals surface area contributed by atoms with Crippen molar-refractivity contribution >= 4 is 17.7 Å². The number of benzene rings is 1. The van der Waals surface area contributed by atoms with Crippen molar-refractivity contribution in [2.45, 2.75) is 12.5 Å². The molecule has 1 fully saturated rings. The molecule has 2 aromatic heterocycles. The lowest BCUT2D eigenvalue weighted by atomic mass is 9.91. The molecule has 0 spiro atoms. The third-order valence-corrected chi connectivity index (χ3v) is 4.51. The minimum absolute atomic E-state index is 0.338. The number of amides is 3. The van der Waals surface area contributed by atoms with E-state index in [0.29, 0.717) is 16.9 Å². The Bertz CT molecular complexity index is 1010. The maximum atomic E-state index is 13.0. The third-order valence-electron chi connectivity index (χ3n) is 4.51. The molecule has 1 atom stereocenters. The van der Waals surface area contributed by atoms with Gasteiger partial charge in [0, 0.05) is 6.20 Å². The van der Waals surface area contributed by atoms with Crippen molar-refractivity contribution in [1.29, 1.82) is 0 Å². The Kier molecular flexibility index (Phi) is 3.80. The fourth-order valence-electron chi connectivity index (χ4n) is 3.01. The molecule has 1 aromatic carbocycles. The second-order valence-electron chi connectivity index (χ2n) is 6.26. The van der Waals surface area contributed by atoms with Gasteiger partial charge in [-0.3, -0.25) is 14.5 Å². The molecule has 3 amide bonds. The molecule has 4 rings (SSSR count). The van der Waals surface area contributed by atoms with Crippen LogP contribution in [0.5, 0.6) is 0 Å². The number of hydrogen-bond acceptors (Lipinski definition) is 6. The van der Waals surface area contributed by atoms with E-state index in [2.05, 4.69) is 25.8 Å². The lowest BCUT2D eigenvalue weighted by molar-refractivity contribution is -0.130. The number of rotatable bonds is 5. The van der Waals surface area contributed by atoms with E-state index in [0.717, 1.165) is 4.90 Å². The highest BCUT2D eigenvalue weighted by atomic mass is 16.2. The smallest absolute Gasteiger partial charge is 0.325 e. The minimum atomic E-state index is -1.29. The summed E-state index contributed by atoms with van der Waals surface area (Å²) < 4.78 is 1.45. The van der Waals surface area contributed by atoms with Crippen molar-refractivity contribution in [3.63, 3.8) is 0 Å². The van der Waals surface area contributed by atoms with Gasteiger partial charge in [0.1, 0.15) is 11.9 Å². The highest BCUT2D eigenvalue weighted by Gasteiger charge is 2.49. The number of aromatic nitrogens is 5. The van der Waals surface area contributed by atoms with Gasteiger partial charge in [-0.25, -0.2) is 9.48 Å². The summed E-state index contributed by atoms with van der Waals surface area (Å²) >= 11 is 0. The first-order valence-electron chi connectivity index (χ1n) is 8.13. The van der Waals surface area contributed by atoms with Crippen LogP contribution in [0, 0.1) is 0 Å². The van der Waals surface area contributed by atoms with Gasteiger partial charge in [0.15, 0.2) is 5.78 Å². The Morgan fingerprint density at radius 2 is 2.07 bits per heavy atom. The predicted octanol–water partition coefficient (Wildman–Crippen LogP) is 0.640. The van der Waals surface area contributed by atoms with Crippen LogP contribution in [-0.4, -0.2) is 54.4 Å². The van der Waals surface area contributed by atoms with Crippen molar-refractivity contribution in [1.82, 2.24) is 35.4 Å². The summed E-state index contributed by atoms with van der Waals surface area (Å²) in [7, 11) is 0. The van der Waals surface area contributed by atoms with Gasteiger partial charge in [0.25, 0.3) is 5.91 Å². The van der Waals surface area contributed by atoms with Crippen LogP contribution in [0.4, 0.5) is 4.79 Å². The van der Waals surface area contributed by atoms with E-state index in [1.54, 1.807) is 49.5 Å². The number of carbonyl (C=O) groups is 3. The Hall–Kier alpha value is -3.82. The van der Waals surface area contributed by atoms with E-state index in [4.69, 9.17) is 0 Å². The molecule has 27 heavy (non-hydrogen) atoms. The summed E-state index contributed by atoms with van der Waals surface area (Å²) in [6, 6.07) is 9.60. The number of nitrogens with one attached hydrogen (secondary N) is 2. The number of aromatic amines is 1. The number of nitrogens with zero attached hydrogens (tertiary/aromatic N) is 5. The van der Waals surface area contributed by atoms with Crippen molar-refractivity contribution in [3.05, 3.63) is 60.2 Å². The Morgan fingerprint density at radius 3 is 2.78 bits per heavy atom. The molecule has 3 aromatic rings. The molecule has 0 aliphatic carbocycles. The normalized spacial score (nSPS) is 19.4. The molecular formula is C17H15N7O3. The quantitative estimate of drug-likeness (QED) is 0.505. The van der Waals surface area contributed by atoms with Gasteiger partial charge >= 0.3 is 6.03 Å². The zero-order valence-electron chi connectivity index (χ0n) is 14.3. The van der Waals surface area contributed by atoms with Gasteiger partial charge in [-0.05, 0) is 47.2 Å². The van der Waals surface area contributed by atoms with Crippen molar-refractivity contribution < 1.29 is 14.4 Å². The third kappa shape index (κ3) is 2.76. The van der Waals surface area contributed by atoms with E-state index in [1.807, 2.05) is 0 Å². The highest BCUT2D eigenvalue weighted by molar-refractivity contribution is 6.11. The molecule has 0 unspecified atom stereocenters. The van der Waals surface area contributed by atoms with Crippen LogP contribution >= 0.6 is 0 Å². The number of urea groups is 1. The Morgan fingerprint density at radius 1 is 1.22 bits per heavy atom. The summed E-state index contributed by atoms with van der Waals surface area (Å²) in [5.41, 5.74) is 0.243. The number of imide groups is 1. The largest absolute Gasteiger partial charge is 0.359 e. The first-order chi connectivity index (χ1) is 13.0. The number of tetrazole rings is 1. The average molecular weight is 365 g/mol. The highest BCUT2D eigenvalue weighted by Crippen LogP contribution is 2.30. The van der Waals surface area contributed by atoms with Crippen LogP contribution in [0.25, 0.3) is 5.69 Å². The van der Waals surface area contributed by atoms with E-state index < -0.39 is 17.5 Å². The molecule has 3 heterocycles. The van der Waals surface area contributed by atoms with Crippen molar-refractivity contribution in [2.75, 3.05) is 6.54 Å². The van der Waals surface area contributed by atoms with Gasteiger partial charge in [-0.15, -0.1) is 5.10 Å². The molecule has 1 aliphatic rings. The van der Waals surface area contributed by atoms with Crippen LogP contribution < -0.4 is 5.32 Å². The van der Waals surface area contributed by atoms with Gasteiger partial charge < -0.3 is 10.3 Å². The van der Waals surface area contributed by atoms with Gasteiger partial charge in [-0.2, -0.15) is 0 Å². The lowest BCUT2D eigenvalue weighted by Gasteiger charge is -2.22. The maximum absolute atomic E-state index is 13.0. The first-order valence-corrected chi connectivity index (χ1v) is 8.13. The van der Waals surface area contributed by atoms with Gasteiger partial charge in [0.05, 0.1) is 17.9 Å². The fraction of sp³-hybridized carbons (Fsp3) is 0.176. The van der Waals surface area contributed by atoms with E-state index in [-0.39, 0.29) is 12.3 Å². The summed E-state index contributed by atoms with van der Waals surface area (Å²) in [6.07, 6.45) is 3.03. The summed E-state index contributed by atoms with van der Waals surface area (Å²) in [6.45, 7) is 1.26. The molecule has 10 nitrogen and oxygen atoms in total. The summed E-state index contributed by atoms with van der Waals surface area (Å²) in [4.78, 5) is 41.3. The minimum Gasteiger partial charge on any atom is -0.359 e. The topological polar surface area (TPSA) is 126 Å². The second kappa shape index (κ2) is 6.16. The summed E-state index contributed by atoms with van der Waals surface area (Å²) in [5.74, 6) is -0.850. The standard InChI is InChI=1S/C17H15N7O3/c1-17(11-4-2-5-12(8-11)24-10-19-21-22-24)15(26)23(16(27)20-17)9-14(25)13-6-3-7-18-13/h2-8,10,18H,9H2,1H3,(H,20,27)/t17-/m0/s1. The molecule has 136 valence electrons. The number of H-pyrrole nitrogens is 1. The molecule has 1 aliphatic heterocycles. The first kappa shape index (κ1) is 16.6. The SMILES string of the molecule is C[C@@]1(c2cccc(-n3cnnn3)c2)NC(=O)N(CC(=O)c2ccc[nH]2)C1=O. The monoisotopic (exact) mass is 365 g/mol. The van der Waals surface area contributed by atoms with Crippen LogP contribution in [0.2, 0.25) is 0 Å². The number of ketones is 1. The van der Waals surface area contributed by atoms with Crippen LogP contribution in [0.15, 0.2) is 48.9 Å². The molecule has 2 N–H and O–H groups in total. The van der Waals surface area contributed by atoms with E-state index in [9.17, 15) is 14.4 Å². The number of hydrogen-bond donors (Lipinski definition) is 2. The van der Waals surface area contributed by atoms with Crippen LogP contribution in [0.3, 0.4) is 0 Å².